The van der Waals surface area contributed by atoms with Crippen molar-refractivity contribution < 1.29 is 18.7 Å². The molecule has 2 aromatic carbocycles. The van der Waals surface area contributed by atoms with E-state index in [1.54, 1.807) is 0 Å². The number of rotatable bonds is 7. The van der Waals surface area contributed by atoms with E-state index in [0.29, 0.717) is 5.69 Å². The van der Waals surface area contributed by atoms with Crippen LogP contribution in [-0.4, -0.2) is 13.1 Å². The second-order valence-electron chi connectivity index (χ2n) is 10.6. The van der Waals surface area contributed by atoms with Crippen molar-refractivity contribution in [2.24, 2.45) is 0 Å². The number of pyridine rings is 2. The molecule has 0 radical (unpaired) electrons. The summed E-state index contributed by atoms with van der Waals surface area (Å²) in [6.07, 6.45) is 12.1. The number of carbonyl (C=O) groups is 1. The standard InChI is InChI=1S/C34H36N2O2/c1-5-8-13-24-17-18-26-25(22-24)19-21-36-31(26)27-14-9-10-15-28(27)33(6-2)23-30(34(33,36)7-3)35-20-12-11-16-29(35)32(37)38-4/h9-12,14-23H,5-8,13H2,1-4H3/q+2. The first-order valence-corrected chi connectivity index (χ1v) is 14.0. The Kier molecular flexibility index (Phi) is 5.94. The maximum absolute atomic E-state index is 12.8. The molecule has 3 heterocycles. The number of hydrogen-bond acceptors (Lipinski definition) is 2. The maximum Gasteiger partial charge on any atom is 0.403 e. The molecule has 2 aliphatic rings. The summed E-state index contributed by atoms with van der Waals surface area (Å²) in [5, 5.41) is 2.55. The molecule has 0 amide bonds. The minimum absolute atomic E-state index is 0.184. The van der Waals surface area contributed by atoms with E-state index in [4.69, 9.17) is 4.74 Å². The fourth-order valence-corrected chi connectivity index (χ4v) is 7.24. The fraction of sp³-hybridized carbons (Fsp3) is 0.324. The van der Waals surface area contributed by atoms with Gasteiger partial charge in [-0.3, -0.25) is 0 Å². The molecule has 1 aliphatic carbocycles. The number of fused-ring (bicyclic) bond motifs is 8. The Morgan fingerprint density at radius 2 is 1.74 bits per heavy atom. The van der Waals surface area contributed by atoms with Crippen LogP contribution in [0.1, 0.15) is 68.1 Å². The Hall–Kier alpha value is -3.79. The minimum Gasteiger partial charge on any atom is -0.461 e. The van der Waals surface area contributed by atoms with Crippen molar-refractivity contribution in [2.75, 3.05) is 7.11 Å². The van der Waals surface area contributed by atoms with E-state index in [0.717, 1.165) is 25.0 Å². The highest BCUT2D eigenvalue weighted by atomic mass is 16.5. The molecule has 4 aromatic rings. The molecule has 0 N–H and O–H groups in total. The van der Waals surface area contributed by atoms with Crippen LogP contribution in [0.5, 0.6) is 0 Å². The summed E-state index contributed by atoms with van der Waals surface area (Å²) in [6.45, 7) is 6.81. The second-order valence-corrected chi connectivity index (χ2v) is 10.6. The number of carbonyl (C=O) groups excluding carboxylic acids is 1. The van der Waals surface area contributed by atoms with E-state index in [1.807, 2.05) is 29.0 Å². The zero-order valence-electron chi connectivity index (χ0n) is 22.8. The lowest BCUT2D eigenvalue weighted by atomic mass is 9.50. The van der Waals surface area contributed by atoms with Crippen molar-refractivity contribution in [3.8, 4) is 11.3 Å². The molecule has 6 rings (SSSR count). The predicted molar refractivity (Wildman–Crippen MR) is 151 cm³/mol. The van der Waals surface area contributed by atoms with Gasteiger partial charge >= 0.3 is 5.97 Å². The number of benzene rings is 2. The Bertz CT molecular complexity index is 1600. The first-order valence-electron chi connectivity index (χ1n) is 14.0. The van der Waals surface area contributed by atoms with Crippen LogP contribution in [-0.2, 0) is 22.1 Å². The summed E-state index contributed by atoms with van der Waals surface area (Å²) < 4.78 is 9.74. The van der Waals surface area contributed by atoms with Crippen molar-refractivity contribution in [3.05, 3.63) is 102 Å². The van der Waals surface area contributed by atoms with E-state index in [-0.39, 0.29) is 16.9 Å². The minimum atomic E-state index is -0.352. The smallest absolute Gasteiger partial charge is 0.403 e. The summed E-state index contributed by atoms with van der Waals surface area (Å²) in [6, 6.07) is 23.9. The highest BCUT2D eigenvalue weighted by Crippen LogP contribution is 2.61. The molecule has 2 aromatic heterocycles. The van der Waals surface area contributed by atoms with Gasteiger partial charge < -0.3 is 4.74 Å². The number of methoxy groups -OCH3 is 1. The predicted octanol–water partition coefficient (Wildman–Crippen LogP) is 6.53. The Morgan fingerprint density at radius 1 is 0.921 bits per heavy atom. The van der Waals surface area contributed by atoms with E-state index < -0.39 is 0 Å². The molecule has 4 nitrogen and oxygen atoms in total. The average Bonchev–Trinajstić information content (AvgIpc) is 2.96. The number of hydrogen-bond donors (Lipinski definition) is 0. The first kappa shape index (κ1) is 24.5. The molecule has 0 bridgehead atoms. The average molecular weight is 505 g/mol. The summed E-state index contributed by atoms with van der Waals surface area (Å²) >= 11 is 0. The highest BCUT2D eigenvalue weighted by Gasteiger charge is 2.74. The van der Waals surface area contributed by atoms with Crippen molar-refractivity contribution in [1.29, 1.82) is 0 Å². The van der Waals surface area contributed by atoms with E-state index >= 15 is 0 Å². The summed E-state index contributed by atoms with van der Waals surface area (Å²) in [5.41, 5.74) is 6.45. The molecule has 2 unspecified atom stereocenters. The van der Waals surface area contributed by atoms with Crippen molar-refractivity contribution in [2.45, 2.75) is 63.8 Å². The lowest BCUT2D eigenvalue weighted by Gasteiger charge is -2.52. The van der Waals surface area contributed by atoms with Crippen LogP contribution < -0.4 is 9.13 Å². The largest absolute Gasteiger partial charge is 0.461 e. The summed E-state index contributed by atoms with van der Waals surface area (Å²) in [4.78, 5) is 12.8. The fourth-order valence-electron chi connectivity index (χ4n) is 7.24. The van der Waals surface area contributed by atoms with Gasteiger partial charge in [-0.05, 0) is 54.0 Å². The van der Waals surface area contributed by atoms with Gasteiger partial charge in [0.25, 0.3) is 16.9 Å². The summed E-state index contributed by atoms with van der Waals surface area (Å²) in [5.74, 6) is -0.327. The molecular formula is C34H36N2O2+2. The quantitative estimate of drug-likeness (QED) is 0.212. The van der Waals surface area contributed by atoms with Gasteiger partial charge in [0.2, 0.25) is 5.69 Å². The Labute approximate surface area is 225 Å². The van der Waals surface area contributed by atoms with Crippen LogP contribution in [0, 0.1) is 0 Å². The third kappa shape index (κ3) is 3.12. The number of allylic oxidation sites excluding steroid dienone is 2. The van der Waals surface area contributed by atoms with E-state index in [1.165, 1.54) is 53.1 Å². The highest BCUT2D eigenvalue weighted by molar-refractivity contribution is 5.95. The van der Waals surface area contributed by atoms with Gasteiger partial charge in [0.1, 0.15) is 0 Å². The number of ether oxygens (including phenoxy) is 1. The number of esters is 1. The SMILES string of the molecule is CCCCc1ccc2c3[n+](ccc2c1)C1(CC)C([n+]2ccccc2C(=O)OC)=CC1(CC)c1ccccc1-3. The Morgan fingerprint density at radius 3 is 2.50 bits per heavy atom. The molecule has 0 fully saturated rings. The van der Waals surface area contributed by atoms with Crippen molar-refractivity contribution in [3.63, 3.8) is 0 Å². The molecule has 4 heteroatoms. The zero-order valence-corrected chi connectivity index (χ0v) is 22.8. The third-order valence-electron chi connectivity index (χ3n) is 9.04. The lowest BCUT2D eigenvalue weighted by molar-refractivity contribution is -0.779. The molecule has 38 heavy (non-hydrogen) atoms. The van der Waals surface area contributed by atoms with Gasteiger partial charge in [-0.1, -0.05) is 57.5 Å². The number of aryl methyl sites for hydroxylation is 1. The van der Waals surface area contributed by atoms with Crippen LogP contribution >= 0.6 is 0 Å². The van der Waals surface area contributed by atoms with Gasteiger partial charge in [-0.2, -0.15) is 9.13 Å². The first-order chi connectivity index (χ1) is 18.6. The van der Waals surface area contributed by atoms with Gasteiger partial charge in [0.05, 0.1) is 23.5 Å². The van der Waals surface area contributed by atoms with Crippen LogP contribution in [0.2, 0.25) is 0 Å². The lowest BCUT2D eigenvalue weighted by Crippen LogP contribution is -2.78. The van der Waals surface area contributed by atoms with E-state index in [2.05, 4.69) is 86.1 Å². The van der Waals surface area contributed by atoms with Crippen LogP contribution in [0.4, 0.5) is 0 Å². The third-order valence-corrected chi connectivity index (χ3v) is 9.04. The Balaban J connectivity index is 1.67. The number of unbranched alkanes of at least 4 members (excludes halogenated alkanes) is 1. The van der Waals surface area contributed by atoms with Gasteiger partial charge in [0.15, 0.2) is 12.4 Å². The van der Waals surface area contributed by atoms with Crippen molar-refractivity contribution in [1.82, 2.24) is 0 Å². The summed E-state index contributed by atoms with van der Waals surface area (Å²) in [7, 11) is 1.45. The molecule has 0 saturated heterocycles. The molecule has 1 aliphatic heterocycles. The molecule has 0 saturated carbocycles. The molecule has 192 valence electrons. The van der Waals surface area contributed by atoms with E-state index in [9.17, 15) is 4.79 Å². The molecule has 0 spiro atoms. The van der Waals surface area contributed by atoms with Crippen LogP contribution in [0.15, 0.2) is 85.2 Å². The second kappa shape index (κ2) is 9.20. The number of nitrogens with zero attached hydrogens (tertiary/aromatic N) is 2. The number of aromatic nitrogens is 2. The monoisotopic (exact) mass is 504 g/mol. The van der Waals surface area contributed by atoms with Gasteiger partial charge in [-0.15, -0.1) is 0 Å². The van der Waals surface area contributed by atoms with Crippen LogP contribution in [0.3, 0.4) is 0 Å². The van der Waals surface area contributed by atoms with Gasteiger partial charge in [0, 0.05) is 30.7 Å². The maximum atomic E-state index is 12.8. The molecular weight excluding hydrogens is 468 g/mol. The van der Waals surface area contributed by atoms with Crippen molar-refractivity contribution >= 4 is 22.4 Å². The zero-order chi connectivity index (χ0) is 26.5. The normalized spacial score (nSPS) is 21.1. The van der Waals surface area contributed by atoms with Crippen LogP contribution in [0.25, 0.3) is 27.7 Å². The molecule has 2 atom stereocenters. The topological polar surface area (TPSA) is 34.1 Å². The van der Waals surface area contributed by atoms with Gasteiger partial charge in [-0.25, -0.2) is 4.79 Å².